The molecule has 1 unspecified atom stereocenters. The zero-order valence-corrected chi connectivity index (χ0v) is 12.3. The van der Waals surface area contributed by atoms with Crippen molar-refractivity contribution in [1.29, 1.82) is 0 Å². The Hall–Kier alpha value is -1.55. The second kappa shape index (κ2) is 5.83. The SMILES string of the molecule is CC(C)NCC1CCCCN1c1nc2ccccc2o1. The van der Waals surface area contributed by atoms with E-state index in [1.807, 2.05) is 24.3 Å². The number of aromatic nitrogens is 1. The summed E-state index contributed by atoms with van der Waals surface area (Å²) in [4.78, 5) is 6.98. The second-order valence-corrected chi connectivity index (χ2v) is 5.87. The third kappa shape index (κ3) is 2.80. The highest BCUT2D eigenvalue weighted by atomic mass is 16.4. The number of para-hydroxylation sites is 2. The van der Waals surface area contributed by atoms with Crippen LogP contribution in [0.25, 0.3) is 11.1 Å². The maximum atomic E-state index is 5.93. The Morgan fingerprint density at radius 2 is 2.20 bits per heavy atom. The summed E-state index contributed by atoms with van der Waals surface area (Å²) in [5, 5.41) is 3.54. The maximum Gasteiger partial charge on any atom is 0.298 e. The molecule has 0 bridgehead atoms. The molecule has 4 nitrogen and oxygen atoms in total. The molecule has 20 heavy (non-hydrogen) atoms. The molecule has 0 spiro atoms. The lowest BCUT2D eigenvalue weighted by molar-refractivity contribution is 0.396. The van der Waals surface area contributed by atoms with Crippen LogP contribution >= 0.6 is 0 Å². The molecule has 0 saturated carbocycles. The van der Waals surface area contributed by atoms with Gasteiger partial charge in [0.25, 0.3) is 6.01 Å². The summed E-state index contributed by atoms with van der Waals surface area (Å²) in [6.45, 7) is 6.41. The van der Waals surface area contributed by atoms with Gasteiger partial charge in [0.15, 0.2) is 5.58 Å². The van der Waals surface area contributed by atoms with E-state index in [1.165, 1.54) is 19.3 Å². The van der Waals surface area contributed by atoms with Crippen LogP contribution in [0.1, 0.15) is 33.1 Å². The van der Waals surface area contributed by atoms with Crippen molar-refractivity contribution in [2.75, 3.05) is 18.0 Å². The largest absolute Gasteiger partial charge is 0.423 e. The number of benzene rings is 1. The number of rotatable bonds is 4. The highest BCUT2D eigenvalue weighted by Crippen LogP contribution is 2.27. The molecular formula is C16H23N3O. The minimum atomic E-state index is 0.485. The van der Waals surface area contributed by atoms with Gasteiger partial charge in [-0.15, -0.1) is 0 Å². The third-order valence-corrected chi connectivity index (χ3v) is 3.92. The van der Waals surface area contributed by atoms with Crippen LogP contribution in [0.15, 0.2) is 28.7 Å². The fourth-order valence-electron chi connectivity index (χ4n) is 2.82. The van der Waals surface area contributed by atoms with E-state index in [0.717, 1.165) is 30.2 Å². The van der Waals surface area contributed by atoms with Gasteiger partial charge in [-0.05, 0) is 31.4 Å². The van der Waals surface area contributed by atoms with Crippen LogP contribution in [-0.4, -0.2) is 30.2 Å². The van der Waals surface area contributed by atoms with E-state index in [4.69, 9.17) is 4.42 Å². The van der Waals surface area contributed by atoms with E-state index in [2.05, 4.69) is 29.0 Å². The number of oxazole rings is 1. The molecule has 0 radical (unpaired) electrons. The zero-order valence-electron chi connectivity index (χ0n) is 12.3. The van der Waals surface area contributed by atoms with Gasteiger partial charge in [-0.1, -0.05) is 26.0 Å². The van der Waals surface area contributed by atoms with Crippen LogP contribution in [-0.2, 0) is 0 Å². The standard InChI is InChI=1S/C16H23N3O/c1-12(2)17-11-13-7-5-6-10-19(13)16-18-14-8-3-4-9-15(14)20-16/h3-4,8-9,12-13,17H,5-7,10-11H2,1-2H3. The summed E-state index contributed by atoms with van der Waals surface area (Å²) >= 11 is 0. The van der Waals surface area contributed by atoms with Gasteiger partial charge in [-0.2, -0.15) is 4.98 Å². The monoisotopic (exact) mass is 273 g/mol. The van der Waals surface area contributed by atoms with Gasteiger partial charge in [0.05, 0.1) is 0 Å². The molecule has 1 aliphatic rings. The molecule has 2 aromatic rings. The van der Waals surface area contributed by atoms with E-state index >= 15 is 0 Å². The van der Waals surface area contributed by atoms with Gasteiger partial charge in [-0.3, -0.25) is 0 Å². The van der Waals surface area contributed by atoms with Crippen LogP contribution in [0.5, 0.6) is 0 Å². The Balaban J connectivity index is 1.81. The number of nitrogens with one attached hydrogen (secondary N) is 1. The minimum absolute atomic E-state index is 0.485. The molecule has 4 heteroatoms. The lowest BCUT2D eigenvalue weighted by Gasteiger charge is -2.35. The summed E-state index contributed by atoms with van der Waals surface area (Å²) in [7, 11) is 0. The third-order valence-electron chi connectivity index (χ3n) is 3.92. The quantitative estimate of drug-likeness (QED) is 0.929. The molecule has 1 aromatic heterocycles. The highest BCUT2D eigenvalue weighted by molar-refractivity contribution is 5.74. The molecule has 1 atom stereocenters. The molecule has 1 aromatic carbocycles. The average Bonchev–Trinajstić information content (AvgIpc) is 2.89. The first-order valence-electron chi connectivity index (χ1n) is 7.59. The first kappa shape index (κ1) is 13.4. The summed E-state index contributed by atoms with van der Waals surface area (Å²) in [6.07, 6.45) is 3.72. The number of hydrogen-bond acceptors (Lipinski definition) is 4. The van der Waals surface area contributed by atoms with Crippen molar-refractivity contribution in [1.82, 2.24) is 10.3 Å². The van der Waals surface area contributed by atoms with Gasteiger partial charge in [0, 0.05) is 25.2 Å². The first-order chi connectivity index (χ1) is 9.74. The Morgan fingerprint density at radius 1 is 1.35 bits per heavy atom. The lowest BCUT2D eigenvalue weighted by atomic mass is 10.0. The molecular weight excluding hydrogens is 250 g/mol. The minimum Gasteiger partial charge on any atom is -0.423 e. The Kier molecular flexibility index (Phi) is 3.92. The van der Waals surface area contributed by atoms with Gasteiger partial charge in [0.2, 0.25) is 0 Å². The van der Waals surface area contributed by atoms with Crippen molar-refractivity contribution >= 4 is 17.1 Å². The van der Waals surface area contributed by atoms with Crippen LogP contribution in [0.3, 0.4) is 0 Å². The van der Waals surface area contributed by atoms with Crippen molar-refractivity contribution in [3.8, 4) is 0 Å². The van der Waals surface area contributed by atoms with E-state index in [9.17, 15) is 0 Å². The Labute approximate surface area is 120 Å². The summed E-state index contributed by atoms with van der Waals surface area (Å²) in [6, 6.07) is 9.77. The van der Waals surface area contributed by atoms with Crippen LogP contribution in [0, 0.1) is 0 Å². The number of anilines is 1. The van der Waals surface area contributed by atoms with Gasteiger partial charge in [-0.25, -0.2) is 0 Å². The topological polar surface area (TPSA) is 41.3 Å². The normalized spacial score (nSPS) is 19.9. The van der Waals surface area contributed by atoms with E-state index in [0.29, 0.717) is 12.1 Å². The van der Waals surface area contributed by atoms with Crippen molar-refractivity contribution in [3.05, 3.63) is 24.3 Å². The zero-order chi connectivity index (χ0) is 13.9. The molecule has 1 saturated heterocycles. The lowest BCUT2D eigenvalue weighted by Crippen LogP contribution is -2.47. The number of fused-ring (bicyclic) bond motifs is 1. The Bertz CT molecular complexity index is 531. The average molecular weight is 273 g/mol. The predicted molar refractivity (Wildman–Crippen MR) is 82.1 cm³/mol. The second-order valence-electron chi connectivity index (χ2n) is 5.87. The predicted octanol–water partition coefficient (Wildman–Crippen LogP) is 3.18. The Morgan fingerprint density at radius 3 is 3.00 bits per heavy atom. The van der Waals surface area contributed by atoms with Crippen LogP contribution in [0.2, 0.25) is 0 Å². The number of piperidine rings is 1. The number of hydrogen-bond donors (Lipinski definition) is 1. The fourth-order valence-corrected chi connectivity index (χ4v) is 2.82. The fraction of sp³-hybridized carbons (Fsp3) is 0.562. The van der Waals surface area contributed by atoms with Gasteiger partial charge < -0.3 is 14.6 Å². The van der Waals surface area contributed by atoms with E-state index in [1.54, 1.807) is 0 Å². The van der Waals surface area contributed by atoms with Crippen molar-refractivity contribution in [2.24, 2.45) is 0 Å². The van der Waals surface area contributed by atoms with Gasteiger partial charge in [0.1, 0.15) is 5.52 Å². The summed E-state index contributed by atoms with van der Waals surface area (Å²) in [5.41, 5.74) is 1.83. The molecule has 1 aliphatic heterocycles. The highest BCUT2D eigenvalue weighted by Gasteiger charge is 2.26. The van der Waals surface area contributed by atoms with Crippen molar-refractivity contribution in [2.45, 2.75) is 45.2 Å². The molecule has 1 fully saturated rings. The number of nitrogens with zero attached hydrogens (tertiary/aromatic N) is 2. The molecule has 0 amide bonds. The maximum absolute atomic E-state index is 5.93. The molecule has 1 N–H and O–H groups in total. The summed E-state index contributed by atoms with van der Waals surface area (Å²) in [5.74, 6) is 0. The van der Waals surface area contributed by atoms with Crippen molar-refractivity contribution in [3.63, 3.8) is 0 Å². The summed E-state index contributed by atoms with van der Waals surface area (Å²) < 4.78 is 5.93. The smallest absolute Gasteiger partial charge is 0.298 e. The van der Waals surface area contributed by atoms with Crippen LogP contribution in [0.4, 0.5) is 6.01 Å². The van der Waals surface area contributed by atoms with Crippen molar-refractivity contribution < 1.29 is 4.42 Å². The molecule has 0 aliphatic carbocycles. The molecule has 2 heterocycles. The molecule has 3 rings (SSSR count). The molecule has 108 valence electrons. The first-order valence-corrected chi connectivity index (χ1v) is 7.59. The van der Waals surface area contributed by atoms with Crippen LogP contribution < -0.4 is 10.2 Å². The van der Waals surface area contributed by atoms with Gasteiger partial charge >= 0.3 is 0 Å². The van der Waals surface area contributed by atoms with E-state index < -0.39 is 0 Å². The van der Waals surface area contributed by atoms with E-state index in [-0.39, 0.29) is 0 Å².